The average molecular weight is 394 g/mol. The molecule has 1 fully saturated rings. The highest BCUT2D eigenvalue weighted by atomic mass is 28.3. The van der Waals surface area contributed by atoms with Crippen LogP contribution in [0.4, 0.5) is 10.5 Å². The van der Waals surface area contributed by atoms with Gasteiger partial charge in [-0.2, -0.15) is 5.01 Å². The highest BCUT2D eigenvalue weighted by Gasteiger charge is 2.46. The predicted octanol–water partition coefficient (Wildman–Crippen LogP) is 3.65. The molecule has 2 atom stereocenters. The van der Waals surface area contributed by atoms with Crippen LogP contribution in [-0.4, -0.2) is 47.7 Å². The molecule has 0 aromatic heterocycles. The molecule has 1 heterocycles. The molecule has 9 heteroatoms. The van der Waals surface area contributed by atoms with Crippen LogP contribution in [0.2, 0.25) is 25.7 Å². The largest absolute Gasteiger partial charge is 0.448 e. The van der Waals surface area contributed by atoms with E-state index in [2.05, 4.69) is 19.6 Å². The van der Waals surface area contributed by atoms with Gasteiger partial charge >= 0.3 is 6.09 Å². The van der Waals surface area contributed by atoms with Crippen LogP contribution in [0.5, 0.6) is 0 Å². The van der Waals surface area contributed by atoms with Crippen LogP contribution in [0.3, 0.4) is 0 Å². The van der Waals surface area contributed by atoms with Gasteiger partial charge in [-0.05, 0) is 13.0 Å². The molecular weight excluding hydrogens is 366 g/mol. The molecule has 0 spiro atoms. The third kappa shape index (κ3) is 4.92. The summed E-state index contributed by atoms with van der Waals surface area (Å²) in [6.45, 7) is 10.4. The van der Waals surface area contributed by atoms with E-state index >= 15 is 0 Å². The number of amides is 2. The summed E-state index contributed by atoms with van der Waals surface area (Å²) in [5.74, 6) is -0.753. The molecule has 2 rings (SSSR count). The van der Waals surface area contributed by atoms with Crippen LogP contribution in [0, 0.1) is 16.0 Å². The number of benzene rings is 1. The Kier molecular flexibility index (Phi) is 6.37. The van der Waals surface area contributed by atoms with Crippen molar-refractivity contribution in [3.8, 4) is 0 Å². The van der Waals surface area contributed by atoms with Crippen LogP contribution in [-0.2, 0) is 16.1 Å². The van der Waals surface area contributed by atoms with Gasteiger partial charge in [-0.3, -0.25) is 14.9 Å². The smallest absolute Gasteiger partial charge is 0.431 e. The second kappa shape index (κ2) is 8.18. The fourth-order valence-electron chi connectivity index (χ4n) is 2.88. The zero-order valence-corrected chi connectivity index (χ0v) is 17.5. The molecule has 0 bridgehead atoms. The van der Waals surface area contributed by atoms with E-state index in [0.717, 1.165) is 11.1 Å². The molecule has 8 nitrogen and oxygen atoms in total. The highest BCUT2D eigenvalue weighted by Crippen LogP contribution is 2.30. The van der Waals surface area contributed by atoms with Crippen molar-refractivity contribution in [1.82, 2.24) is 10.0 Å². The van der Waals surface area contributed by atoms with E-state index in [9.17, 15) is 19.7 Å². The van der Waals surface area contributed by atoms with Gasteiger partial charge in [0.2, 0.25) is 0 Å². The Morgan fingerprint density at radius 3 is 2.48 bits per heavy atom. The van der Waals surface area contributed by atoms with Crippen molar-refractivity contribution in [3.05, 3.63) is 39.9 Å². The molecule has 1 saturated heterocycles. The molecule has 148 valence electrons. The maximum atomic E-state index is 12.6. The van der Waals surface area contributed by atoms with Crippen molar-refractivity contribution in [1.29, 1.82) is 0 Å². The van der Waals surface area contributed by atoms with Crippen molar-refractivity contribution in [3.63, 3.8) is 0 Å². The molecule has 0 saturated carbocycles. The Hall–Kier alpha value is -2.26. The maximum Gasteiger partial charge on any atom is 0.431 e. The quantitative estimate of drug-likeness (QED) is 0.416. The van der Waals surface area contributed by atoms with Gasteiger partial charge in [-0.1, -0.05) is 44.8 Å². The Morgan fingerprint density at radius 2 is 1.89 bits per heavy atom. The Bertz CT molecular complexity index is 734. The number of rotatable bonds is 6. The van der Waals surface area contributed by atoms with E-state index in [-0.39, 0.29) is 30.8 Å². The molecule has 27 heavy (non-hydrogen) atoms. The standard InChI is InChI=1S/C18H27N3O5Si/c1-13-14(2)19(12-15-8-6-7-9-16(15)21(24)25)20(17(13)22)18(23)26-10-11-27(3,4)5/h6-9,13-14H,10-12H2,1-5H3/t13-,14+/m1/s1. The molecule has 0 unspecified atom stereocenters. The molecule has 0 aliphatic carbocycles. The van der Waals surface area contributed by atoms with E-state index in [1.54, 1.807) is 30.1 Å². The van der Waals surface area contributed by atoms with Crippen molar-refractivity contribution >= 4 is 25.8 Å². The van der Waals surface area contributed by atoms with Gasteiger partial charge in [0.25, 0.3) is 11.6 Å². The Balaban J connectivity index is 2.21. The van der Waals surface area contributed by atoms with Gasteiger partial charge in [0.05, 0.1) is 24.0 Å². The number of ether oxygens (including phenoxy) is 1. The minimum atomic E-state index is -1.37. The summed E-state index contributed by atoms with van der Waals surface area (Å²) >= 11 is 0. The second-order valence-corrected chi connectivity index (χ2v) is 13.7. The zero-order chi connectivity index (χ0) is 20.4. The van der Waals surface area contributed by atoms with Gasteiger partial charge in [-0.25, -0.2) is 9.80 Å². The van der Waals surface area contributed by atoms with Crippen LogP contribution in [0.15, 0.2) is 24.3 Å². The monoisotopic (exact) mass is 393 g/mol. The maximum absolute atomic E-state index is 12.6. The summed E-state index contributed by atoms with van der Waals surface area (Å²) in [7, 11) is -1.37. The first kappa shape index (κ1) is 21.0. The van der Waals surface area contributed by atoms with Gasteiger partial charge < -0.3 is 4.74 Å². The van der Waals surface area contributed by atoms with E-state index in [1.807, 2.05) is 6.92 Å². The zero-order valence-electron chi connectivity index (χ0n) is 16.5. The summed E-state index contributed by atoms with van der Waals surface area (Å²) in [5.41, 5.74) is 0.403. The van der Waals surface area contributed by atoms with Crippen molar-refractivity contribution in [2.24, 2.45) is 5.92 Å². The minimum absolute atomic E-state index is 0.0382. The fraction of sp³-hybridized carbons (Fsp3) is 0.556. The van der Waals surface area contributed by atoms with Gasteiger partial charge in [0, 0.05) is 25.7 Å². The summed E-state index contributed by atoms with van der Waals surface area (Å²) in [5, 5.41) is 13.8. The minimum Gasteiger partial charge on any atom is -0.448 e. The first-order valence-corrected chi connectivity index (χ1v) is 12.7. The summed E-state index contributed by atoms with van der Waals surface area (Å²) in [4.78, 5) is 36.0. The number of hydrogen-bond acceptors (Lipinski definition) is 6. The Labute approximate surface area is 160 Å². The van der Waals surface area contributed by atoms with Crippen molar-refractivity contribution < 1.29 is 19.2 Å². The molecule has 1 aromatic rings. The molecule has 0 N–H and O–H groups in total. The predicted molar refractivity (Wildman–Crippen MR) is 104 cm³/mol. The third-order valence-corrected chi connectivity index (χ3v) is 6.52. The summed E-state index contributed by atoms with van der Waals surface area (Å²) in [6, 6.07) is 6.86. The summed E-state index contributed by atoms with van der Waals surface area (Å²) < 4.78 is 5.34. The van der Waals surface area contributed by atoms with Gasteiger partial charge in [0.15, 0.2) is 0 Å². The van der Waals surface area contributed by atoms with Crippen LogP contribution >= 0.6 is 0 Å². The number of nitro groups is 1. The SMILES string of the molecule is C[C@H]1C(=O)N(C(=O)OCC[Si](C)(C)C)N(Cc2ccccc2[N+](=O)[O-])[C@H]1C. The lowest BCUT2D eigenvalue weighted by molar-refractivity contribution is -0.385. The van der Waals surface area contributed by atoms with Crippen LogP contribution in [0.1, 0.15) is 19.4 Å². The molecule has 2 amide bonds. The topological polar surface area (TPSA) is 93.0 Å². The lowest BCUT2D eigenvalue weighted by Crippen LogP contribution is -2.45. The number of imide groups is 1. The second-order valence-electron chi connectivity index (χ2n) is 8.09. The van der Waals surface area contributed by atoms with E-state index in [4.69, 9.17) is 4.74 Å². The number of para-hydroxylation sites is 1. The van der Waals surface area contributed by atoms with Crippen LogP contribution in [0.25, 0.3) is 0 Å². The fourth-order valence-corrected chi connectivity index (χ4v) is 3.59. The lowest BCUT2D eigenvalue weighted by Gasteiger charge is -2.28. The molecule has 0 radical (unpaired) electrons. The molecule has 1 aliphatic heterocycles. The molecular formula is C18H27N3O5Si. The van der Waals surface area contributed by atoms with E-state index in [0.29, 0.717) is 5.56 Å². The Morgan fingerprint density at radius 1 is 1.26 bits per heavy atom. The highest BCUT2D eigenvalue weighted by molar-refractivity contribution is 6.76. The summed E-state index contributed by atoms with van der Waals surface area (Å²) in [6.07, 6.45) is -0.715. The number of hydrazine groups is 1. The first-order chi connectivity index (χ1) is 12.5. The third-order valence-electron chi connectivity index (χ3n) is 4.82. The number of nitro benzene ring substituents is 1. The number of carbonyl (C=O) groups excluding carboxylic acids is 2. The van der Waals surface area contributed by atoms with E-state index in [1.165, 1.54) is 6.07 Å². The van der Waals surface area contributed by atoms with Crippen LogP contribution < -0.4 is 0 Å². The van der Waals surface area contributed by atoms with E-state index < -0.39 is 25.0 Å². The molecule has 1 aromatic carbocycles. The number of hydrogen-bond donors (Lipinski definition) is 0. The van der Waals surface area contributed by atoms with Crippen molar-refractivity contribution in [2.45, 2.75) is 52.1 Å². The van der Waals surface area contributed by atoms with Gasteiger partial charge in [0.1, 0.15) is 0 Å². The first-order valence-electron chi connectivity index (χ1n) is 9.02. The van der Waals surface area contributed by atoms with Crippen molar-refractivity contribution in [2.75, 3.05) is 6.61 Å². The van der Waals surface area contributed by atoms with Gasteiger partial charge in [-0.15, -0.1) is 0 Å². The molecule has 1 aliphatic rings. The lowest BCUT2D eigenvalue weighted by atomic mass is 10.0. The number of carbonyl (C=O) groups is 2. The number of nitrogens with zero attached hydrogens (tertiary/aromatic N) is 3. The average Bonchev–Trinajstić information content (AvgIpc) is 2.78. The normalized spacial score (nSPS) is 20.8.